The topological polar surface area (TPSA) is 29.5 Å². The van der Waals surface area contributed by atoms with Crippen molar-refractivity contribution >= 4 is 5.91 Å². The van der Waals surface area contributed by atoms with Gasteiger partial charge < -0.3 is 9.64 Å². The average molecular weight is 291 g/mol. The van der Waals surface area contributed by atoms with E-state index in [1.165, 1.54) is 12.5 Å². The first-order chi connectivity index (χ1) is 10.2. The van der Waals surface area contributed by atoms with E-state index in [0.717, 1.165) is 38.8 Å². The molecular weight excluding hydrogens is 269 g/mol. The number of hydrogen-bond donors (Lipinski definition) is 0. The van der Waals surface area contributed by atoms with Crippen molar-refractivity contribution in [2.45, 2.75) is 32.1 Å². The molecular formula is C17H22FNO2. The molecule has 1 aromatic carbocycles. The van der Waals surface area contributed by atoms with Crippen LogP contribution in [0.25, 0.3) is 0 Å². The number of para-hydroxylation sites is 1. The van der Waals surface area contributed by atoms with Crippen molar-refractivity contribution < 1.29 is 13.9 Å². The fraction of sp³-hybridized carbons (Fsp3) is 0.588. The molecule has 4 heteroatoms. The highest BCUT2D eigenvalue weighted by atomic mass is 19.1. The van der Waals surface area contributed by atoms with Gasteiger partial charge in [0.1, 0.15) is 0 Å². The SMILES string of the molecule is O=C(C1CCC1)N1CCC[C@@H](COc2ccccc2F)C1. The number of piperidine rings is 1. The lowest BCUT2D eigenvalue weighted by atomic mass is 9.83. The predicted molar refractivity (Wildman–Crippen MR) is 78.5 cm³/mol. The van der Waals surface area contributed by atoms with E-state index in [1.807, 2.05) is 4.90 Å². The molecule has 0 spiro atoms. The summed E-state index contributed by atoms with van der Waals surface area (Å²) in [5.41, 5.74) is 0. The van der Waals surface area contributed by atoms with Gasteiger partial charge in [-0.25, -0.2) is 4.39 Å². The summed E-state index contributed by atoms with van der Waals surface area (Å²) in [5, 5.41) is 0. The molecule has 2 aliphatic rings. The normalized spacial score (nSPS) is 22.7. The number of nitrogens with zero attached hydrogens (tertiary/aromatic N) is 1. The van der Waals surface area contributed by atoms with Crippen LogP contribution in [0, 0.1) is 17.7 Å². The molecule has 1 aliphatic heterocycles. The second kappa shape index (κ2) is 6.46. The number of carbonyl (C=O) groups is 1. The van der Waals surface area contributed by atoms with Crippen molar-refractivity contribution in [3.8, 4) is 5.75 Å². The second-order valence-electron chi connectivity index (χ2n) is 6.16. The number of carbonyl (C=O) groups excluding carboxylic acids is 1. The monoisotopic (exact) mass is 291 g/mol. The van der Waals surface area contributed by atoms with Gasteiger partial charge in [-0.15, -0.1) is 0 Å². The molecule has 1 saturated carbocycles. The highest BCUT2D eigenvalue weighted by molar-refractivity contribution is 5.79. The van der Waals surface area contributed by atoms with Gasteiger partial charge >= 0.3 is 0 Å². The average Bonchev–Trinajstić information content (AvgIpc) is 2.45. The van der Waals surface area contributed by atoms with Crippen molar-refractivity contribution in [3.63, 3.8) is 0 Å². The smallest absolute Gasteiger partial charge is 0.225 e. The summed E-state index contributed by atoms with van der Waals surface area (Å²) in [6.45, 7) is 2.10. The van der Waals surface area contributed by atoms with Crippen LogP contribution in [0.15, 0.2) is 24.3 Å². The van der Waals surface area contributed by atoms with Crippen LogP contribution in [0.4, 0.5) is 4.39 Å². The molecule has 1 amide bonds. The minimum absolute atomic E-state index is 0.260. The summed E-state index contributed by atoms with van der Waals surface area (Å²) in [6, 6.07) is 6.48. The lowest BCUT2D eigenvalue weighted by Gasteiger charge is -2.37. The van der Waals surface area contributed by atoms with Crippen molar-refractivity contribution in [1.29, 1.82) is 0 Å². The predicted octanol–water partition coefficient (Wildman–Crippen LogP) is 3.24. The zero-order valence-corrected chi connectivity index (χ0v) is 12.3. The van der Waals surface area contributed by atoms with Crippen LogP contribution in [-0.2, 0) is 4.79 Å². The first kappa shape index (κ1) is 14.4. The van der Waals surface area contributed by atoms with Crippen molar-refractivity contribution in [2.75, 3.05) is 19.7 Å². The second-order valence-corrected chi connectivity index (χ2v) is 6.16. The summed E-state index contributed by atoms with van der Waals surface area (Å²) >= 11 is 0. The first-order valence-electron chi connectivity index (χ1n) is 7.90. The third-order valence-corrected chi connectivity index (χ3v) is 4.60. The zero-order chi connectivity index (χ0) is 14.7. The molecule has 1 aromatic rings. The fourth-order valence-electron chi connectivity index (χ4n) is 3.08. The Morgan fingerprint density at radius 3 is 2.76 bits per heavy atom. The minimum atomic E-state index is -0.323. The van der Waals surface area contributed by atoms with Crippen LogP contribution in [0.3, 0.4) is 0 Å². The van der Waals surface area contributed by atoms with Gasteiger partial charge in [0.15, 0.2) is 11.6 Å². The maximum absolute atomic E-state index is 13.5. The molecule has 1 atom stereocenters. The van der Waals surface area contributed by atoms with Gasteiger partial charge in [-0.2, -0.15) is 0 Å². The van der Waals surface area contributed by atoms with E-state index < -0.39 is 0 Å². The van der Waals surface area contributed by atoms with E-state index in [2.05, 4.69) is 0 Å². The molecule has 21 heavy (non-hydrogen) atoms. The van der Waals surface area contributed by atoms with Gasteiger partial charge in [0.2, 0.25) is 5.91 Å². The van der Waals surface area contributed by atoms with E-state index in [9.17, 15) is 9.18 Å². The van der Waals surface area contributed by atoms with Gasteiger partial charge in [0.25, 0.3) is 0 Å². The van der Waals surface area contributed by atoms with Gasteiger partial charge in [0.05, 0.1) is 6.61 Å². The molecule has 2 fully saturated rings. The van der Waals surface area contributed by atoms with E-state index in [4.69, 9.17) is 4.74 Å². The molecule has 114 valence electrons. The Morgan fingerprint density at radius 1 is 1.24 bits per heavy atom. The van der Waals surface area contributed by atoms with E-state index >= 15 is 0 Å². The maximum atomic E-state index is 13.5. The molecule has 0 unspecified atom stereocenters. The van der Waals surface area contributed by atoms with Crippen LogP contribution in [0.5, 0.6) is 5.75 Å². The summed E-state index contributed by atoms with van der Waals surface area (Å²) in [4.78, 5) is 14.3. The Hall–Kier alpha value is -1.58. The molecule has 1 saturated heterocycles. The molecule has 0 aromatic heterocycles. The number of likely N-dealkylation sites (tertiary alicyclic amines) is 1. The molecule has 1 heterocycles. The van der Waals surface area contributed by atoms with E-state index in [0.29, 0.717) is 24.2 Å². The molecule has 3 rings (SSSR count). The number of halogens is 1. The quantitative estimate of drug-likeness (QED) is 0.852. The van der Waals surface area contributed by atoms with Crippen LogP contribution in [0.2, 0.25) is 0 Å². The Balaban J connectivity index is 1.51. The van der Waals surface area contributed by atoms with E-state index in [-0.39, 0.29) is 11.7 Å². The number of benzene rings is 1. The van der Waals surface area contributed by atoms with Gasteiger partial charge in [0, 0.05) is 24.9 Å². The zero-order valence-electron chi connectivity index (χ0n) is 12.3. The lowest BCUT2D eigenvalue weighted by molar-refractivity contribution is -0.140. The molecule has 0 bridgehead atoms. The summed E-state index contributed by atoms with van der Waals surface area (Å²) in [5.74, 6) is 0.867. The van der Waals surface area contributed by atoms with Crippen LogP contribution in [0.1, 0.15) is 32.1 Å². The van der Waals surface area contributed by atoms with Gasteiger partial charge in [-0.3, -0.25) is 4.79 Å². The largest absolute Gasteiger partial charge is 0.490 e. The Kier molecular flexibility index (Phi) is 4.42. The molecule has 0 radical (unpaired) electrons. The number of ether oxygens (including phenoxy) is 1. The Bertz CT molecular complexity index is 501. The van der Waals surface area contributed by atoms with Crippen LogP contribution >= 0.6 is 0 Å². The summed E-state index contributed by atoms with van der Waals surface area (Å²) in [7, 11) is 0. The van der Waals surface area contributed by atoms with E-state index in [1.54, 1.807) is 18.2 Å². The number of amides is 1. The van der Waals surface area contributed by atoms with Crippen LogP contribution in [-0.4, -0.2) is 30.5 Å². The summed E-state index contributed by atoms with van der Waals surface area (Å²) in [6.07, 6.45) is 5.34. The highest BCUT2D eigenvalue weighted by Gasteiger charge is 2.32. The standard InChI is InChI=1S/C17H22FNO2/c18-15-8-1-2-9-16(15)21-12-13-5-4-10-19(11-13)17(20)14-6-3-7-14/h1-2,8-9,13-14H,3-7,10-12H2/t13-/m1/s1. The van der Waals surface area contributed by atoms with Crippen LogP contribution < -0.4 is 4.74 Å². The summed E-state index contributed by atoms with van der Waals surface area (Å²) < 4.78 is 19.1. The number of rotatable bonds is 4. The van der Waals surface area contributed by atoms with Crippen molar-refractivity contribution in [2.24, 2.45) is 11.8 Å². The first-order valence-corrected chi connectivity index (χ1v) is 7.90. The maximum Gasteiger partial charge on any atom is 0.225 e. The lowest BCUT2D eigenvalue weighted by Crippen LogP contribution is -2.45. The minimum Gasteiger partial charge on any atom is -0.490 e. The third kappa shape index (κ3) is 3.36. The fourth-order valence-corrected chi connectivity index (χ4v) is 3.08. The van der Waals surface area contributed by atoms with Crippen molar-refractivity contribution in [3.05, 3.63) is 30.1 Å². The number of hydrogen-bond acceptors (Lipinski definition) is 2. The third-order valence-electron chi connectivity index (χ3n) is 4.60. The molecule has 1 aliphatic carbocycles. The highest BCUT2D eigenvalue weighted by Crippen LogP contribution is 2.30. The van der Waals surface area contributed by atoms with Crippen molar-refractivity contribution in [1.82, 2.24) is 4.90 Å². The molecule has 0 N–H and O–H groups in total. The Labute approximate surface area is 125 Å². The molecule has 3 nitrogen and oxygen atoms in total. The van der Waals surface area contributed by atoms with Gasteiger partial charge in [-0.05, 0) is 37.8 Å². The van der Waals surface area contributed by atoms with Gasteiger partial charge in [-0.1, -0.05) is 18.6 Å². The Morgan fingerprint density at radius 2 is 2.05 bits per heavy atom.